The first-order valence-electron chi connectivity index (χ1n) is 8.21. The van der Waals surface area contributed by atoms with Crippen molar-refractivity contribution in [3.63, 3.8) is 0 Å². The molecule has 0 bridgehead atoms. The molecule has 25 heavy (non-hydrogen) atoms. The van der Waals surface area contributed by atoms with Gasteiger partial charge in [0.15, 0.2) is 0 Å². The number of carbonyl (C=O) groups excluding carboxylic acids is 2. The Labute approximate surface area is 148 Å². The smallest absolute Gasteiger partial charge is 0.318 e. The number of aryl methyl sites for hydroxylation is 3. The first-order valence-corrected chi connectivity index (χ1v) is 8.21. The summed E-state index contributed by atoms with van der Waals surface area (Å²) in [7, 11) is 0. The summed E-state index contributed by atoms with van der Waals surface area (Å²) in [5, 5.41) is 6.56. The van der Waals surface area contributed by atoms with Crippen molar-refractivity contribution in [2.75, 3.05) is 5.32 Å². The van der Waals surface area contributed by atoms with E-state index in [-0.39, 0.29) is 0 Å². The highest BCUT2D eigenvalue weighted by Gasteiger charge is 2.13. The van der Waals surface area contributed by atoms with Crippen LogP contribution in [0.3, 0.4) is 0 Å². The minimum absolute atomic E-state index is 0.591. The van der Waals surface area contributed by atoms with Crippen LogP contribution in [-0.4, -0.2) is 17.5 Å². The zero-order valence-electron chi connectivity index (χ0n) is 14.8. The number of nitrogens with zero attached hydrogens (tertiary/aromatic N) is 1. The summed E-state index contributed by atoms with van der Waals surface area (Å²) < 4.78 is 0. The van der Waals surface area contributed by atoms with Gasteiger partial charge in [-0.2, -0.15) is 5.10 Å². The third-order valence-corrected chi connectivity index (χ3v) is 3.94. The van der Waals surface area contributed by atoms with Gasteiger partial charge >= 0.3 is 11.8 Å². The van der Waals surface area contributed by atoms with Crippen LogP contribution < -0.4 is 10.7 Å². The molecule has 2 N–H and O–H groups in total. The molecule has 0 saturated carbocycles. The van der Waals surface area contributed by atoms with Crippen LogP contribution in [0.15, 0.2) is 53.6 Å². The molecule has 0 fully saturated rings. The molecular formula is C20H23N3O2. The first-order chi connectivity index (χ1) is 12.0. The van der Waals surface area contributed by atoms with E-state index in [1.165, 1.54) is 5.56 Å². The van der Waals surface area contributed by atoms with Gasteiger partial charge in [-0.25, -0.2) is 5.43 Å². The van der Waals surface area contributed by atoms with E-state index in [4.69, 9.17) is 0 Å². The van der Waals surface area contributed by atoms with Crippen LogP contribution in [0.2, 0.25) is 0 Å². The normalized spacial score (nSPS) is 11.1. The number of hydrogen-bond donors (Lipinski definition) is 2. The van der Waals surface area contributed by atoms with Gasteiger partial charge < -0.3 is 5.32 Å². The van der Waals surface area contributed by atoms with Crippen molar-refractivity contribution in [3.8, 4) is 0 Å². The van der Waals surface area contributed by atoms with Crippen LogP contribution in [0.25, 0.3) is 0 Å². The highest BCUT2D eigenvalue weighted by atomic mass is 16.2. The molecule has 2 amide bonds. The molecule has 0 aliphatic heterocycles. The Bertz CT molecular complexity index is 783. The zero-order chi connectivity index (χ0) is 18.2. The molecule has 0 radical (unpaired) electrons. The topological polar surface area (TPSA) is 70.6 Å². The van der Waals surface area contributed by atoms with Crippen molar-refractivity contribution < 1.29 is 9.59 Å². The number of nitrogens with one attached hydrogen (secondary N) is 2. The minimum Gasteiger partial charge on any atom is -0.318 e. The number of hydrogen-bond acceptors (Lipinski definition) is 3. The molecular weight excluding hydrogens is 314 g/mol. The molecule has 0 unspecified atom stereocenters. The molecule has 5 heteroatoms. The fraction of sp³-hybridized carbons (Fsp3) is 0.250. The molecule has 130 valence electrons. The quantitative estimate of drug-likeness (QED) is 0.499. The van der Waals surface area contributed by atoms with Crippen molar-refractivity contribution in [1.29, 1.82) is 0 Å². The standard InChI is InChI=1S/C20H23N3O2/c1-14-9-12-18(13-15(14)2)21-19(24)20(25)23-22-16(3)10-11-17-7-5-4-6-8-17/h4-9,12-13H,10-11H2,1-3H3,(H,21,24)(H,23,25)/b22-16+. The minimum atomic E-state index is -0.780. The van der Waals surface area contributed by atoms with Gasteiger partial charge in [-0.05, 0) is 62.4 Å². The fourth-order valence-corrected chi connectivity index (χ4v) is 2.23. The van der Waals surface area contributed by atoms with E-state index >= 15 is 0 Å². The summed E-state index contributed by atoms with van der Waals surface area (Å²) in [6.07, 6.45) is 1.55. The molecule has 2 rings (SSSR count). The highest BCUT2D eigenvalue weighted by molar-refractivity contribution is 6.39. The maximum Gasteiger partial charge on any atom is 0.329 e. The average molecular weight is 337 g/mol. The van der Waals surface area contributed by atoms with Crippen LogP contribution in [0.1, 0.15) is 30.0 Å². The maximum atomic E-state index is 11.9. The summed E-state index contributed by atoms with van der Waals surface area (Å²) in [4.78, 5) is 23.8. The van der Waals surface area contributed by atoms with Gasteiger partial charge in [0.2, 0.25) is 0 Å². The number of amides is 2. The largest absolute Gasteiger partial charge is 0.329 e. The molecule has 0 aliphatic rings. The Kier molecular flexibility index (Phi) is 6.46. The predicted octanol–water partition coefficient (Wildman–Crippen LogP) is 3.37. The summed E-state index contributed by atoms with van der Waals surface area (Å²) >= 11 is 0. The lowest BCUT2D eigenvalue weighted by Crippen LogP contribution is -2.32. The lowest BCUT2D eigenvalue weighted by atomic mass is 10.1. The Morgan fingerprint density at radius 3 is 2.36 bits per heavy atom. The Hall–Kier alpha value is -2.95. The second-order valence-corrected chi connectivity index (χ2v) is 6.03. The maximum absolute atomic E-state index is 11.9. The SMILES string of the molecule is C/C(CCc1ccccc1)=N\NC(=O)C(=O)Nc1ccc(C)c(C)c1. The molecule has 0 aliphatic carbocycles. The summed E-state index contributed by atoms with van der Waals surface area (Å²) in [6, 6.07) is 15.5. The molecule has 2 aromatic carbocycles. The number of rotatable bonds is 5. The van der Waals surface area contributed by atoms with Crippen LogP contribution in [-0.2, 0) is 16.0 Å². The zero-order valence-corrected chi connectivity index (χ0v) is 14.8. The van der Waals surface area contributed by atoms with E-state index in [1.54, 1.807) is 6.07 Å². The molecule has 0 aromatic heterocycles. The molecule has 2 aromatic rings. The first kappa shape index (κ1) is 18.4. The number of hydrazone groups is 1. The van der Waals surface area contributed by atoms with Gasteiger partial charge in [-0.15, -0.1) is 0 Å². The Morgan fingerprint density at radius 2 is 1.68 bits per heavy atom. The van der Waals surface area contributed by atoms with Crippen LogP contribution >= 0.6 is 0 Å². The van der Waals surface area contributed by atoms with Gasteiger partial charge in [0, 0.05) is 11.4 Å². The molecule has 0 heterocycles. The monoisotopic (exact) mass is 337 g/mol. The van der Waals surface area contributed by atoms with Crippen LogP contribution in [0.5, 0.6) is 0 Å². The summed E-state index contributed by atoms with van der Waals surface area (Å²) in [5.41, 5.74) is 7.03. The predicted molar refractivity (Wildman–Crippen MR) is 101 cm³/mol. The van der Waals surface area contributed by atoms with Crippen LogP contribution in [0.4, 0.5) is 5.69 Å². The molecule has 5 nitrogen and oxygen atoms in total. The molecule has 0 atom stereocenters. The van der Waals surface area contributed by atoms with Gasteiger partial charge in [0.05, 0.1) is 0 Å². The number of anilines is 1. The van der Waals surface area contributed by atoms with Crippen molar-refractivity contribution in [2.24, 2.45) is 5.10 Å². The van der Waals surface area contributed by atoms with Gasteiger partial charge in [0.25, 0.3) is 0 Å². The second-order valence-electron chi connectivity index (χ2n) is 6.03. The molecule has 0 saturated heterocycles. The van der Waals surface area contributed by atoms with Gasteiger partial charge in [0.1, 0.15) is 0 Å². The second kappa shape index (κ2) is 8.78. The van der Waals surface area contributed by atoms with E-state index in [2.05, 4.69) is 15.8 Å². The summed E-state index contributed by atoms with van der Waals surface area (Å²) in [6.45, 7) is 5.76. The third-order valence-electron chi connectivity index (χ3n) is 3.94. The van der Waals surface area contributed by atoms with E-state index in [9.17, 15) is 9.59 Å². The van der Waals surface area contributed by atoms with Crippen LogP contribution in [0, 0.1) is 13.8 Å². The van der Waals surface area contributed by atoms with E-state index in [0.29, 0.717) is 12.1 Å². The van der Waals surface area contributed by atoms with Crippen molar-refractivity contribution in [2.45, 2.75) is 33.6 Å². The van der Waals surface area contributed by atoms with E-state index in [0.717, 1.165) is 23.3 Å². The lowest BCUT2D eigenvalue weighted by molar-refractivity contribution is -0.136. The lowest BCUT2D eigenvalue weighted by Gasteiger charge is -2.07. The summed E-state index contributed by atoms with van der Waals surface area (Å²) in [5.74, 6) is -1.51. The fourth-order valence-electron chi connectivity index (χ4n) is 2.23. The highest BCUT2D eigenvalue weighted by Crippen LogP contribution is 2.13. The van der Waals surface area contributed by atoms with Gasteiger partial charge in [-0.1, -0.05) is 36.4 Å². The third kappa shape index (κ3) is 5.88. The molecule has 0 spiro atoms. The van der Waals surface area contributed by atoms with E-state index < -0.39 is 11.8 Å². The Morgan fingerprint density at radius 1 is 0.960 bits per heavy atom. The van der Waals surface area contributed by atoms with Crippen molar-refractivity contribution >= 4 is 23.2 Å². The number of carbonyl (C=O) groups is 2. The van der Waals surface area contributed by atoms with Gasteiger partial charge in [-0.3, -0.25) is 9.59 Å². The Balaban J connectivity index is 1.83. The average Bonchev–Trinajstić information content (AvgIpc) is 2.61. The van der Waals surface area contributed by atoms with Crippen molar-refractivity contribution in [1.82, 2.24) is 5.43 Å². The number of benzene rings is 2. The van der Waals surface area contributed by atoms with Crippen molar-refractivity contribution in [3.05, 3.63) is 65.2 Å². The van der Waals surface area contributed by atoms with E-state index in [1.807, 2.05) is 63.2 Å².